The molecular formula is C25H18N2O3. The van der Waals surface area contributed by atoms with E-state index < -0.39 is 0 Å². The zero-order chi connectivity index (χ0) is 21.1. The summed E-state index contributed by atoms with van der Waals surface area (Å²) in [5, 5.41) is 9.09. The molecule has 0 aliphatic carbocycles. The minimum absolute atomic E-state index is 0.231. The number of benzene rings is 3. The Balaban J connectivity index is 1.49. The summed E-state index contributed by atoms with van der Waals surface area (Å²) in [6, 6.07) is 21.9. The van der Waals surface area contributed by atoms with Crippen LogP contribution in [0.25, 0.3) is 12.2 Å². The second-order valence-corrected chi connectivity index (χ2v) is 6.89. The minimum atomic E-state index is -0.260. The van der Waals surface area contributed by atoms with E-state index in [9.17, 15) is 9.59 Å². The van der Waals surface area contributed by atoms with Crippen LogP contribution in [0.15, 0.2) is 66.7 Å². The van der Waals surface area contributed by atoms with Gasteiger partial charge in [-0.15, -0.1) is 0 Å². The number of hydrogen-bond donors (Lipinski definition) is 0. The van der Waals surface area contributed by atoms with Crippen LogP contribution in [-0.2, 0) is 6.54 Å². The highest BCUT2D eigenvalue weighted by Gasteiger charge is 2.34. The molecule has 0 fully saturated rings. The van der Waals surface area contributed by atoms with Crippen molar-refractivity contribution >= 4 is 24.0 Å². The number of ether oxygens (including phenoxy) is 1. The van der Waals surface area contributed by atoms with Crippen LogP contribution in [0.4, 0.5) is 0 Å². The monoisotopic (exact) mass is 394 g/mol. The predicted octanol–water partition coefficient (Wildman–Crippen LogP) is 4.53. The number of amides is 2. The van der Waals surface area contributed by atoms with E-state index in [1.807, 2.05) is 36.4 Å². The number of methoxy groups -OCH3 is 1. The lowest BCUT2D eigenvalue weighted by molar-refractivity contribution is 0.0642. The Morgan fingerprint density at radius 3 is 2.20 bits per heavy atom. The second-order valence-electron chi connectivity index (χ2n) is 6.89. The van der Waals surface area contributed by atoms with Gasteiger partial charge >= 0.3 is 0 Å². The quantitative estimate of drug-likeness (QED) is 0.471. The van der Waals surface area contributed by atoms with Crippen LogP contribution in [-0.4, -0.2) is 23.8 Å². The first kappa shape index (κ1) is 19.2. The molecule has 0 N–H and O–H groups in total. The van der Waals surface area contributed by atoms with E-state index in [-0.39, 0.29) is 18.4 Å². The summed E-state index contributed by atoms with van der Waals surface area (Å²) < 4.78 is 5.34. The maximum absolute atomic E-state index is 12.5. The SMILES string of the molecule is COc1ccc(C#N)cc1C=Cc1ccc(CN2C(=O)c3ccccc3C2=O)cc1. The number of nitrogens with zero attached hydrogens (tertiary/aromatic N) is 2. The third kappa shape index (κ3) is 3.59. The van der Waals surface area contributed by atoms with Gasteiger partial charge in [-0.05, 0) is 41.5 Å². The number of carbonyl (C=O) groups excluding carboxylic acids is 2. The zero-order valence-electron chi connectivity index (χ0n) is 16.3. The highest BCUT2D eigenvalue weighted by molar-refractivity contribution is 6.21. The van der Waals surface area contributed by atoms with Gasteiger partial charge in [0.15, 0.2) is 0 Å². The number of fused-ring (bicyclic) bond motifs is 1. The third-order valence-electron chi connectivity index (χ3n) is 5.01. The molecule has 0 radical (unpaired) electrons. The van der Waals surface area contributed by atoms with Crippen molar-refractivity contribution in [3.05, 3.63) is 100 Å². The van der Waals surface area contributed by atoms with E-state index in [1.54, 1.807) is 49.6 Å². The maximum Gasteiger partial charge on any atom is 0.261 e. The highest BCUT2D eigenvalue weighted by atomic mass is 16.5. The fourth-order valence-corrected chi connectivity index (χ4v) is 3.42. The topological polar surface area (TPSA) is 70.4 Å². The molecule has 5 heteroatoms. The molecule has 1 heterocycles. The standard InChI is InChI=1S/C25H18N2O3/c1-30-23-13-11-19(15-26)14-20(23)12-10-17-6-8-18(9-7-17)16-27-24(28)21-4-2-3-5-22(21)25(27)29/h2-14H,16H2,1H3. The number of carbonyl (C=O) groups is 2. The molecule has 146 valence electrons. The molecule has 2 amide bonds. The average Bonchev–Trinajstić information content (AvgIpc) is 3.03. The van der Waals surface area contributed by atoms with Gasteiger partial charge in [0.25, 0.3) is 11.8 Å². The first-order valence-corrected chi connectivity index (χ1v) is 9.41. The van der Waals surface area contributed by atoms with Gasteiger partial charge < -0.3 is 4.74 Å². The van der Waals surface area contributed by atoms with Crippen LogP contribution in [0.2, 0.25) is 0 Å². The first-order chi connectivity index (χ1) is 14.6. The molecule has 0 saturated heterocycles. The van der Waals surface area contributed by atoms with Crippen LogP contribution >= 0.6 is 0 Å². The molecule has 30 heavy (non-hydrogen) atoms. The summed E-state index contributed by atoms with van der Waals surface area (Å²) in [5.41, 5.74) is 4.10. The van der Waals surface area contributed by atoms with E-state index in [1.165, 1.54) is 4.90 Å². The smallest absolute Gasteiger partial charge is 0.261 e. The van der Waals surface area contributed by atoms with Crippen molar-refractivity contribution in [2.75, 3.05) is 7.11 Å². The maximum atomic E-state index is 12.5. The van der Waals surface area contributed by atoms with Gasteiger partial charge in [-0.2, -0.15) is 5.26 Å². The lowest BCUT2D eigenvalue weighted by Crippen LogP contribution is -2.29. The Morgan fingerprint density at radius 1 is 0.933 bits per heavy atom. The van der Waals surface area contributed by atoms with Crippen molar-refractivity contribution in [3.8, 4) is 11.8 Å². The van der Waals surface area contributed by atoms with E-state index in [0.717, 1.165) is 16.7 Å². The van der Waals surface area contributed by atoms with Crippen LogP contribution in [0, 0.1) is 11.3 Å². The molecule has 0 spiro atoms. The van der Waals surface area contributed by atoms with Crippen LogP contribution in [0.3, 0.4) is 0 Å². The number of nitriles is 1. The van der Waals surface area contributed by atoms with Gasteiger partial charge in [0, 0.05) is 5.56 Å². The van der Waals surface area contributed by atoms with Gasteiger partial charge in [-0.25, -0.2) is 0 Å². The molecule has 4 rings (SSSR count). The number of hydrogen-bond acceptors (Lipinski definition) is 4. The summed E-state index contributed by atoms with van der Waals surface area (Å²) in [6.07, 6.45) is 3.81. The van der Waals surface area contributed by atoms with Gasteiger partial charge in [-0.1, -0.05) is 48.6 Å². The van der Waals surface area contributed by atoms with Gasteiger partial charge in [0.2, 0.25) is 0 Å². The van der Waals surface area contributed by atoms with Crippen molar-refractivity contribution in [1.82, 2.24) is 4.90 Å². The Bertz CT molecular complexity index is 1170. The summed E-state index contributed by atoms with van der Waals surface area (Å²) in [5.74, 6) is 0.167. The zero-order valence-corrected chi connectivity index (χ0v) is 16.3. The van der Waals surface area contributed by atoms with Crippen LogP contribution in [0.1, 0.15) is 43.0 Å². The lowest BCUT2D eigenvalue weighted by Gasteiger charge is -2.14. The lowest BCUT2D eigenvalue weighted by atomic mass is 10.1. The second kappa shape index (κ2) is 8.06. The average molecular weight is 394 g/mol. The summed E-state index contributed by atoms with van der Waals surface area (Å²) in [7, 11) is 1.59. The summed E-state index contributed by atoms with van der Waals surface area (Å²) >= 11 is 0. The van der Waals surface area contributed by atoms with E-state index in [0.29, 0.717) is 22.4 Å². The molecule has 3 aromatic carbocycles. The third-order valence-corrected chi connectivity index (χ3v) is 5.01. The number of rotatable bonds is 5. The molecule has 0 atom stereocenters. The van der Waals surface area contributed by atoms with E-state index in [2.05, 4.69) is 6.07 Å². The van der Waals surface area contributed by atoms with Crippen molar-refractivity contribution in [2.45, 2.75) is 6.54 Å². The van der Waals surface area contributed by atoms with Crippen LogP contribution in [0.5, 0.6) is 5.75 Å². The Hall–Kier alpha value is -4.17. The van der Waals surface area contributed by atoms with Gasteiger partial charge in [0.05, 0.1) is 36.4 Å². The van der Waals surface area contributed by atoms with Crippen molar-refractivity contribution in [3.63, 3.8) is 0 Å². The fourth-order valence-electron chi connectivity index (χ4n) is 3.42. The Morgan fingerprint density at radius 2 is 1.60 bits per heavy atom. The molecule has 3 aromatic rings. The molecule has 0 aromatic heterocycles. The highest BCUT2D eigenvalue weighted by Crippen LogP contribution is 2.25. The summed E-state index contributed by atoms with van der Waals surface area (Å²) in [6.45, 7) is 0.231. The molecular weight excluding hydrogens is 376 g/mol. The molecule has 1 aliphatic rings. The molecule has 0 saturated carbocycles. The van der Waals surface area contributed by atoms with E-state index >= 15 is 0 Å². The Kier molecular flexibility index (Phi) is 5.15. The minimum Gasteiger partial charge on any atom is -0.496 e. The predicted molar refractivity (Wildman–Crippen MR) is 114 cm³/mol. The van der Waals surface area contributed by atoms with Crippen molar-refractivity contribution in [1.29, 1.82) is 5.26 Å². The molecule has 0 unspecified atom stereocenters. The van der Waals surface area contributed by atoms with Crippen molar-refractivity contribution in [2.24, 2.45) is 0 Å². The number of imide groups is 1. The first-order valence-electron chi connectivity index (χ1n) is 9.41. The van der Waals surface area contributed by atoms with Gasteiger partial charge in [0.1, 0.15) is 5.75 Å². The largest absolute Gasteiger partial charge is 0.496 e. The fraction of sp³-hybridized carbons (Fsp3) is 0.0800. The molecule has 5 nitrogen and oxygen atoms in total. The van der Waals surface area contributed by atoms with Gasteiger partial charge in [-0.3, -0.25) is 14.5 Å². The normalized spacial score (nSPS) is 12.9. The summed E-state index contributed by atoms with van der Waals surface area (Å²) in [4.78, 5) is 26.3. The van der Waals surface area contributed by atoms with Crippen molar-refractivity contribution < 1.29 is 14.3 Å². The van der Waals surface area contributed by atoms with E-state index in [4.69, 9.17) is 10.00 Å². The molecule has 1 aliphatic heterocycles. The van der Waals surface area contributed by atoms with Crippen LogP contribution < -0.4 is 4.74 Å². The molecule has 0 bridgehead atoms. The Labute approximate surface area is 174 Å².